The molecule has 0 unspecified atom stereocenters. The molecule has 0 heterocycles. The number of amidine groups is 1. The normalized spacial score (nSPS) is 19.6. The number of hydrogen-bond donors (Lipinski definition) is 3. The van der Waals surface area contributed by atoms with Crippen molar-refractivity contribution in [2.24, 2.45) is 28.6 Å². The summed E-state index contributed by atoms with van der Waals surface area (Å²) in [5, 5.41) is 15.3. The number of nitrogens with one attached hydrogen (secondary N) is 1. The van der Waals surface area contributed by atoms with Gasteiger partial charge in [0.25, 0.3) is 0 Å². The third-order valence-corrected chi connectivity index (χ3v) is 4.49. The van der Waals surface area contributed by atoms with E-state index < -0.39 is 0 Å². The van der Waals surface area contributed by atoms with Crippen LogP contribution < -0.4 is 11.1 Å². The molecule has 1 aromatic carbocycles. The van der Waals surface area contributed by atoms with E-state index >= 15 is 0 Å². The maximum atomic E-state index is 8.71. The zero-order chi connectivity index (χ0) is 13.9. The Kier molecular flexibility index (Phi) is 3.92. The summed E-state index contributed by atoms with van der Waals surface area (Å²) in [6.45, 7) is 1.98. The van der Waals surface area contributed by atoms with Crippen molar-refractivity contribution in [2.45, 2.75) is 32.2 Å². The summed E-state index contributed by atoms with van der Waals surface area (Å²) in [5.41, 5.74) is 7.57. The van der Waals surface area contributed by atoms with Gasteiger partial charge < -0.3 is 16.3 Å². The van der Waals surface area contributed by atoms with Crippen molar-refractivity contribution >= 4 is 5.84 Å². The molecule has 2 aliphatic rings. The van der Waals surface area contributed by atoms with Crippen LogP contribution in [0.25, 0.3) is 0 Å². The molecule has 2 aliphatic carbocycles. The molecular weight excluding hydrogens is 250 g/mol. The highest BCUT2D eigenvalue weighted by atomic mass is 16.4. The van der Waals surface area contributed by atoms with Crippen molar-refractivity contribution < 1.29 is 5.21 Å². The Morgan fingerprint density at radius 2 is 2.00 bits per heavy atom. The molecule has 4 heteroatoms. The molecule has 0 saturated heterocycles. The largest absolute Gasteiger partial charge is 0.409 e. The molecule has 0 bridgehead atoms. The second kappa shape index (κ2) is 5.83. The van der Waals surface area contributed by atoms with E-state index in [4.69, 9.17) is 10.9 Å². The van der Waals surface area contributed by atoms with E-state index in [9.17, 15) is 0 Å². The van der Waals surface area contributed by atoms with Crippen LogP contribution in [-0.4, -0.2) is 17.6 Å². The van der Waals surface area contributed by atoms with Gasteiger partial charge in [-0.05, 0) is 61.6 Å². The molecule has 0 aliphatic heterocycles. The zero-order valence-electron chi connectivity index (χ0n) is 11.8. The van der Waals surface area contributed by atoms with E-state index in [0.717, 1.165) is 36.4 Å². The molecule has 4 nitrogen and oxygen atoms in total. The molecule has 0 spiro atoms. The lowest BCUT2D eigenvalue weighted by atomic mass is 9.98. The van der Waals surface area contributed by atoms with Crippen LogP contribution in [0.1, 0.15) is 36.8 Å². The molecule has 20 heavy (non-hydrogen) atoms. The van der Waals surface area contributed by atoms with E-state index in [1.165, 1.54) is 31.2 Å². The van der Waals surface area contributed by atoms with E-state index in [0.29, 0.717) is 0 Å². The van der Waals surface area contributed by atoms with E-state index in [2.05, 4.69) is 16.5 Å². The van der Waals surface area contributed by atoms with Crippen LogP contribution in [0.5, 0.6) is 0 Å². The Labute approximate surface area is 120 Å². The standard InChI is InChI=1S/C16H23N3O/c17-16(19-20)14-3-1-2-11(8-14)9-18-10-15(12-4-5-12)13-6-7-13/h1-3,8,12-13,15,18,20H,4-7,9-10H2,(H2,17,19). The van der Waals surface area contributed by atoms with Crippen LogP contribution >= 0.6 is 0 Å². The molecule has 0 aromatic heterocycles. The lowest BCUT2D eigenvalue weighted by Crippen LogP contribution is -2.25. The fourth-order valence-electron chi connectivity index (χ4n) is 3.05. The number of rotatable bonds is 7. The molecule has 1 aromatic rings. The van der Waals surface area contributed by atoms with Crippen molar-refractivity contribution in [3.05, 3.63) is 35.4 Å². The van der Waals surface area contributed by atoms with Gasteiger partial charge in [-0.15, -0.1) is 0 Å². The highest BCUT2D eigenvalue weighted by Gasteiger charge is 2.40. The molecule has 2 saturated carbocycles. The number of nitrogens with zero attached hydrogens (tertiary/aromatic N) is 1. The van der Waals surface area contributed by atoms with Gasteiger partial charge in [0.15, 0.2) is 5.84 Å². The molecule has 3 rings (SSSR count). The fourth-order valence-corrected chi connectivity index (χ4v) is 3.05. The summed E-state index contributed by atoms with van der Waals surface area (Å²) in [6, 6.07) is 7.86. The van der Waals surface area contributed by atoms with Crippen molar-refractivity contribution in [3.63, 3.8) is 0 Å². The Hall–Kier alpha value is -1.55. The highest BCUT2D eigenvalue weighted by Crippen LogP contribution is 2.48. The van der Waals surface area contributed by atoms with Gasteiger partial charge in [0, 0.05) is 12.1 Å². The van der Waals surface area contributed by atoms with Crippen molar-refractivity contribution in [2.75, 3.05) is 6.54 Å². The van der Waals surface area contributed by atoms with Crippen molar-refractivity contribution in [1.29, 1.82) is 0 Å². The summed E-state index contributed by atoms with van der Waals surface area (Å²) in [6.07, 6.45) is 5.73. The van der Waals surface area contributed by atoms with E-state index in [-0.39, 0.29) is 5.84 Å². The molecule has 0 radical (unpaired) electrons. The number of hydrogen-bond acceptors (Lipinski definition) is 3. The molecule has 108 valence electrons. The number of nitrogens with two attached hydrogens (primary N) is 1. The summed E-state index contributed by atoms with van der Waals surface area (Å²) in [7, 11) is 0. The van der Waals surface area contributed by atoms with Gasteiger partial charge in [-0.2, -0.15) is 0 Å². The topological polar surface area (TPSA) is 70.6 Å². The molecule has 0 atom stereocenters. The third-order valence-electron chi connectivity index (χ3n) is 4.49. The first-order chi connectivity index (χ1) is 9.78. The summed E-state index contributed by atoms with van der Waals surface area (Å²) in [4.78, 5) is 0. The number of oxime groups is 1. The second-order valence-electron chi connectivity index (χ2n) is 6.16. The molecule has 0 amide bonds. The second-order valence-corrected chi connectivity index (χ2v) is 6.16. The van der Waals surface area contributed by atoms with Crippen molar-refractivity contribution in [3.8, 4) is 0 Å². The van der Waals surface area contributed by atoms with Gasteiger partial charge in [-0.3, -0.25) is 0 Å². The van der Waals surface area contributed by atoms with Gasteiger partial charge in [0.2, 0.25) is 0 Å². The van der Waals surface area contributed by atoms with Gasteiger partial charge in [0.05, 0.1) is 0 Å². The van der Waals surface area contributed by atoms with Gasteiger partial charge in [-0.25, -0.2) is 0 Å². The van der Waals surface area contributed by atoms with Gasteiger partial charge >= 0.3 is 0 Å². The maximum Gasteiger partial charge on any atom is 0.170 e. The van der Waals surface area contributed by atoms with Crippen LogP contribution in [0.3, 0.4) is 0 Å². The predicted octanol–water partition coefficient (Wildman–Crippen LogP) is 2.31. The average molecular weight is 273 g/mol. The van der Waals surface area contributed by atoms with Gasteiger partial charge in [0.1, 0.15) is 0 Å². The first-order valence-corrected chi connectivity index (χ1v) is 7.55. The average Bonchev–Trinajstić information content (AvgIpc) is 3.36. The Balaban J connectivity index is 1.52. The Bertz CT molecular complexity index is 480. The molecule has 2 fully saturated rings. The van der Waals surface area contributed by atoms with Crippen LogP contribution in [0.2, 0.25) is 0 Å². The SMILES string of the molecule is NC(=NO)c1cccc(CNCC(C2CC2)C2CC2)c1. The monoisotopic (exact) mass is 273 g/mol. The smallest absolute Gasteiger partial charge is 0.170 e. The summed E-state index contributed by atoms with van der Waals surface area (Å²) >= 11 is 0. The van der Waals surface area contributed by atoms with Crippen LogP contribution in [0.15, 0.2) is 29.4 Å². The predicted molar refractivity (Wildman–Crippen MR) is 79.6 cm³/mol. The molecule has 4 N–H and O–H groups in total. The van der Waals surface area contributed by atoms with Crippen molar-refractivity contribution in [1.82, 2.24) is 5.32 Å². The number of benzene rings is 1. The minimum absolute atomic E-state index is 0.167. The van der Waals surface area contributed by atoms with E-state index in [1.807, 2.05) is 18.2 Å². The lowest BCUT2D eigenvalue weighted by molar-refractivity contribution is 0.318. The first-order valence-electron chi connectivity index (χ1n) is 7.55. The fraction of sp³-hybridized carbons (Fsp3) is 0.562. The maximum absolute atomic E-state index is 8.71. The first kappa shape index (κ1) is 13.4. The Morgan fingerprint density at radius 1 is 1.30 bits per heavy atom. The minimum Gasteiger partial charge on any atom is -0.409 e. The van der Waals surface area contributed by atoms with E-state index in [1.54, 1.807) is 0 Å². The summed E-state index contributed by atoms with van der Waals surface area (Å²) < 4.78 is 0. The quantitative estimate of drug-likeness (QED) is 0.309. The third kappa shape index (κ3) is 3.31. The van der Waals surface area contributed by atoms with Crippen LogP contribution in [-0.2, 0) is 6.54 Å². The zero-order valence-corrected chi connectivity index (χ0v) is 11.8. The van der Waals surface area contributed by atoms with Crippen LogP contribution in [0, 0.1) is 17.8 Å². The summed E-state index contributed by atoms with van der Waals surface area (Å²) in [5.74, 6) is 3.03. The van der Waals surface area contributed by atoms with Crippen LogP contribution in [0.4, 0.5) is 0 Å². The minimum atomic E-state index is 0.167. The highest BCUT2D eigenvalue weighted by molar-refractivity contribution is 5.97. The van der Waals surface area contributed by atoms with Gasteiger partial charge in [-0.1, -0.05) is 23.4 Å². The Morgan fingerprint density at radius 3 is 2.60 bits per heavy atom. The molecular formula is C16H23N3O. The lowest BCUT2D eigenvalue weighted by Gasteiger charge is -2.16.